The summed E-state index contributed by atoms with van der Waals surface area (Å²) in [7, 11) is 0. The van der Waals surface area contributed by atoms with Crippen molar-refractivity contribution in [1.82, 2.24) is 4.98 Å². The zero-order chi connectivity index (χ0) is 20.6. The predicted molar refractivity (Wildman–Crippen MR) is 137 cm³/mol. The number of benzene rings is 2. The van der Waals surface area contributed by atoms with Gasteiger partial charge in [-0.25, -0.2) is 0 Å². The van der Waals surface area contributed by atoms with Crippen molar-refractivity contribution in [3.05, 3.63) is 64.5 Å². The second-order valence-electron chi connectivity index (χ2n) is 8.99. The molecule has 0 atom stereocenters. The molecule has 0 saturated carbocycles. The van der Waals surface area contributed by atoms with Crippen molar-refractivity contribution in [3.8, 4) is 11.3 Å². The van der Waals surface area contributed by atoms with E-state index in [0.717, 1.165) is 5.69 Å². The highest BCUT2D eigenvalue weighted by molar-refractivity contribution is 7.27. The van der Waals surface area contributed by atoms with E-state index in [2.05, 4.69) is 75.5 Å². The molecule has 2 aromatic carbocycles. The molecule has 0 spiro atoms. The minimum atomic E-state index is 0.0927. The minimum absolute atomic E-state index is 0.0927. The third kappa shape index (κ3) is 2.74. The molecule has 0 aliphatic carbocycles. The van der Waals surface area contributed by atoms with E-state index in [0.29, 0.717) is 0 Å². The first-order valence-corrected chi connectivity index (χ1v) is 12.6. The van der Waals surface area contributed by atoms with Gasteiger partial charge >= 0.3 is 0 Å². The lowest BCUT2D eigenvalue weighted by Crippen LogP contribution is -2.11. The van der Waals surface area contributed by atoms with E-state index < -0.39 is 0 Å². The van der Waals surface area contributed by atoms with Crippen LogP contribution in [0.5, 0.6) is 0 Å². The molecule has 0 bridgehead atoms. The maximum absolute atomic E-state index is 4.87. The molecule has 0 aliphatic heterocycles. The number of pyridine rings is 1. The van der Waals surface area contributed by atoms with Crippen LogP contribution in [-0.2, 0) is 5.41 Å². The van der Waals surface area contributed by atoms with E-state index in [4.69, 9.17) is 4.98 Å². The fraction of sp³-hybridized carbons (Fsp3) is 0.192. The van der Waals surface area contributed by atoms with Gasteiger partial charge < -0.3 is 0 Å². The summed E-state index contributed by atoms with van der Waals surface area (Å²) in [6.07, 6.45) is 1.97. The SMILES string of the molecule is Cc1cc2cc3c(cc2s1)sc1c(-c2cc(C(C)(C)C)c4sccc4c2)nccc13. The molecule has 148 valence electrons. The maximum atomic E-state index is 4.87. The van der Waals surface area contributed by atoms with Gasteiger partial charge in [-0.2, -0.15) is 0 Å². The number of rotatable bonds is 1. The van der Waals surface area contributed by atoms with E-state index in [1.807, 2.05) is 40.2 Å². The van der Waals surface area contributed by atoms with E-state index in [1.54, 1.807) is 0 Å². The lowest BCUT2D eigenvalue weighted by atomic mass is 9.85. The van der Waals surface area contributed by atoms with Crippen LogP contribution >= 0.6 is 34.0 Å². The first-order chi connectivity index (χ1) is 14.4. The van der Waals surface area contributed by atoms with Crippen LogP contribution < -0.4 is 0 Å². The molecule has 0 amide bonds. The highest BCUT2D eigenvalue weighted by Gasteiger charge is 2.21. The predicted octanol–water partition coefficient (Wildman–Crippen LogP) is 9.15. The van der Waals surface area contributed by atoms with Crippen LogP contribution in [0.25, 0.3) is 51.6 Å². The largest absolute Gasteiger partial charge is 0.255 e. The van der Waals surface area contributed by atoms with Crippen molar-refractivity contribution >= 4 is 74.4 Å². The van der Waals surface area contributed by atoms with Gasteiger partial charge in [0.2, 0.25) is 0 Å². The molecule has 4 aromatic heterocycles. The Morgan fingerprint density at radius 3 is 2.50 bits per heavy atom. The van der Waals surface area contributed by atoms with Crippen LogP contribution in [0.15, 0.2) is 54.0 Å². The van der Waals surface area contributed by atoms with Gasteiger partial charge in [-0.1, -0.05) is 20.8 Å². The van der Waals surface area contributed by atoms with E-state index in [9.17, 15) is 0 Å². The summed E-state index contributed by atoms with van der Waals surface area (Å²) in [5.41, 5.74) is 3.82. The van der Waals surface area contributed by atoms with Gasteiger partial charge in [0.05, 0.1) is 10.4 Å². The van der Waals surface area contributed by atoms with Gasteiger partial charge in [-0.05, 0) is 76.5 Å². The quantitative estimate of drug-likeness (QED) is 0.247. The Kier molecular flexibility index (Phi) is 3.92. The molecule has 4 heteroatoms. The van der Waals surface area contributed by atoms with E-state index in [-0.39, 0.29) is 5.41 Å². The normalized spacial score (nSPS) is 12.7. The molecule has 0 N–H and O–H groups in total. The Balaban J connectivity index is 1.66. The molecule has 0 unspecified atom stereocenters. The summed E-state index contributed by atoms with van der Waals surface area (Å²) in [4.78, 5) is 6.24. The van der Waals surface area contributed by atoms with E-state index in [1.165, 1.54) is 56.3 Å². The summed E-state index contributed by atoms with van der Waals surface area (Å²) in [5.74, 6) is 0. The van der Waals surface area contributed by atoms with Crippen LogP contribution in [0.3, 0.4) is 0 Å². The average Bonchev–Trinajstić information content (AvgIpc) is 3.39. The number of aryl methyl sites for hydroxylation is 1. The Morgan fingerprint density at radius 1 is 0.800 bits per heavy atom. The summed E-state index contributed by atoms with van der Waals surface area (Å²) in [6, 6.07) is 16.1. The number of thiophene rings is 3. The molecule has 0 fully saturated rings. The molecular weight excluding hydrogens is 422 g/mol. The molecule has 1 nitrogen and oxygen atoms in total. The first kappa shape index (κ1) is 18.5. The van der Waals surface area contributed by atoms with Crippen molar-refractivity contribution in [3.63, 3.8) is 0 Å². The lowest BCUT2D eigenvalue weighted by Gasteiger charge is -2.21. The monoisotopic (exact) mass is 443 g/mol. The van der Waals surface area contributed by atoms with Gasteiger partial charge in [0, 0.05) is 41.5 Å². The van der Waals surface area contributed by atoms with Crippen LogP contribution in [0.1, 0.15) is 31.2 Å². The number of hydrogen-bond donors (Lipinski definition) is 0. The average molecular weight is 444 g/mol. The van der Waals surface area contributed by atoms with Crippen molar-refractivity contribution in [1.29, 1.82) is 0 Å². The second-order valence-corrected chi connectivity index (χ2v) is 12.3. The zero-order valence-electron chi connectivity index (χ0n) is 17.4. The van der Waals surface area contributed by atoms with Crippen LogP contribution in [0, 0.1) is 6.92 Å². The smallest absolute Gasteiger partial charge is 0.0880 e. The van der Waals surface area contributed by atoms with Crippen molar-refractivity contribution in [2.24, 2.45) is 0 Å². The molecular formula is C26H21NS3. The fourth-order valence-electron chi connectivity index (χ4n) is 4.35. The number of nitrogens with zero attached hydrogens (tertiary/aromatic N) is 1. The summed E-state index contributed by atoms with van der Waals surface area (Å²) < 4.78 is 5.40. The molecule has 0 saturated heterocycles. The maximum Gasteiger partial charge on any atom is 0.0880 e. The summed E-state index contributed by atoms with van der Waals surface area (Å²) >= 11 is 5.59. The highest BCUT2D eigenvalue weighted by Crippen LogP contribution is 2.43. The summed E-state index contributed by atoms with van der Waals surface area (Å²) in [6.45, 7) is 9.08. The van der Waals surface area contributed by atoms with Crippen LogP contribution in [-0.4, -0.2) is 4.98 Å². The molecule has 30 heavy (non-hydrogen) atoms. The Bertz CT molecular complexity index is 1590. The van der Waals surface area contributed by atoms with Gasteiger partial charge in [-0.3, -0.25) is 4.98 Å². The standard InChI is InChI=1S/C26H21NS3/c1-14-9-16-11-19-18-5-7-27-23(25(18)30-22(19)13-21(16)29-14)17-10-15-6-8-28-24(15)20(12-17)26(2,3)4/h5-13H,1-4H3. The molecule has 4 heterocycles. The van der Waals surface area contributed by atoms with Crippen molar-refractivity contribution in [2.75, 3.05) is 0 Å². The Hall–Kier alpha value is -2.27. The fourth-order valence-corrected chi connectivity index (χ4v) is 7.71. The van der Waals surface area contributed by atoms with Crippen LogP contribution in [0.4, 0.5) is 0 Å². The first-order valence-electron chi connectivity index (χ1n) is 10.1. The third-order valence-electron chi connectivity index (χ3n) is 5.78. The molecule has 0 aliphatic rings. The van der Waals surface area contributed by atoms with Gasteiger partial charge in [0.25, 0.3) is 0 Å². The molecule has 0 radical (unpaired) electrons. The number of fused-ring (bicyclic) bond motifs is 5. The minimum Gasteiger partial charge on any atom is -0.255 e. The van der Waals surface area contributed by atoms with Gasteiger partial charge in [0.15, 0.2) is 0 Å². The van der Waals surface area contributed by atoms with Gasteiger partial charge in [-0.15, -0.1) is 34.0 Å². The van der Waals surface area contributed by atoms with Crippen molar-refractivity contribution < 1.29 is 0 Å². The summed E-state index contributed by atoms with van der Waals surface area (Å²) in [5, 5.41) is 7.52. The Morgan fingerprint density at radius 2 is 1.67 bits per heavy atom. The topological polar surface area (TPSA) is 12.9 Å². The van der Waals surface area contributed by atoms with Crippen molar-refractivity contribution in [2.45, 2.75) is 33.1 Å². The second kappa shape index (κ2) is 6.36. The lowest BCUT2D eigenvalue weighted by molar-refractivity contribution is 0.597. The number of aromatic nitrogens is 1. The number of hydrogen-bond acceptors (Lipinski definition) is 4. The molecule has 6 aromatic rings. The molecule has 6 rings (SSSR count). The van der Waals surface area contributed by atoms with Gasteiger partial charge in [0.1, 0.15) is 0 Å². The Labute approximate surface area is 187 Å². The van der Waals surface area contributed by atoms with Crippen LogP contribution in [0.2, 0.25) is 0 Å². The third-order valence-corrected chi connectivity index (χ3v) is 8.93. The zero-order valence-corrected chi connectivity index (χ0v) is 19.8. The van der Waals surface area contributed by atoms with E-state index >= 15 is 0 Å². The highest BCUT2D eigenvalue weighted by atomic mass is 32.1.